The van der Waals surface area contributed by atoms with Gasteiger partial charge in [0.2, 0.25) is 0 Å². The highest BCUT2D eigenvalue weighted by molar-refractivity contribution is 6.13. The van der Waals surface area contributed by atoms with Crippen molar-refractivity contribution in [2.75, 3.05) is 0 Å². The first kappa shape index (κ1) is 17.9. The molecule has 1 aromatic heterocycles. The fourth-order valence-electron chi connectivity index (χ4n) is 4.82. The van der Waals surface area contributed by atoms with Gasteiger partial charge in [0, 0.05) is 28.4 Å². The molecule has 148 valence electrons. The van der Waals surface area contributed by atoms with Gasteiger partial charge < -0.3 is 9.30 Å². The van der Waals surface area contributed by atoms with Crippen LogP contribution in [0.1, 0.15) is 22.3 Å². The Morgan fingerprint density at radius 2 is 1.61 bits per heavy atom. The van der Waals surface area contributed by atoms with E-state index in [0.717, 1.165) is 12.1 Å². The van der Waals surface area contributed by atoms with E-state index in [9.17, 15) is 5.26 Å². The second-order valence-corrected chi connectivity index (χ2v) is 8.06. The molecule has 2 heterocycles. The van der Waals surface area contributed by atoms with Gasteiger partial charge in [0.25, 0.3) is 0 Å². The van der Waals surface area contributed by atoms with Crippen molar-refractivity contribution >= 4 is 21.8 Å². The number of aromatic nitrogens is 1. The molecular formula is C28H20N2O. The predicted octanol–water partition coefficient (Wildman–Crippen LogP) is 6.41. The van der Waals surface area contributed by atoms with E-state index in [4.69, 9.17) is 4.74 Å². The SMILES string of the molecule is N#Cc1ccc(-c2c3c(cc4c5ccccc5n(Cc5ccccc5)c24)COC3)cc1. The lowest BCUT2D eigenvalue weighted by molar-refractivity contribution is 0.134. The zero-order chi connectivity index (χ0) is 20.8. The van der Waals surface area contributed by atoms with Crippen molar-refractivity contribution in [3.63, 3.8) is 0 Å². The summed E-state index contributed by atoms with van der Waals surface area (Å²) in [5.74, 6) is 0. The normalized spacial score (nSPS) is 12.9. The molecule has 6 rings (SSSR count). The molecule has 0 unspecified atom stereocenters. The van der Waals surface area contributed by atoms with Gasteiger partial charge in [0.05, 0.1) is 30.4 Å². The van der Waals surface area contributed by atoms with Crippen LogP contribution in [0.2, 0.25) is 0 Å². The van der Waals surface area contributed by atoms with Gasteiger partial charge in [-0.2, -0.15) is 5.26 Å². The number of para-hydroxylation sites is 1. The third-order valence-electron chi connectivity index (χ3n) is 6.24. The summed E-state index contributed by atoms with van der Waals surface area (Å²) < 4.78 is 8.31. The molecule has 0 fully saturated rings. The van der Waals surface area contributed by atoms with E-state index in [1.54, 1.807) is 0 Å². The maximum atomic E-state index is 9.26. The molecule has 0 saturated carbocycles. The molecule has 1 aliphatic rings. The number of fused-ring (bicyclic) bond motifs is 4. The Bertz CT molecular complexity index is 1470. The fourth-order valence-corrected chi connectivity index (χ4v) is 4.82. The van der Waals surface area contributed by atoms with Crippen LogP contribution >= 0.6 is 0 Å². The lowest BCUT2D eigenvalue weighted by Gasteiger charge is -2.15. The highest BCUT2D eigenvalue weighted by Gasteiger charge is 2.24. The van der Waals surface area contributed by atoms with Crippen LogP contribution in [-0.2, 0) is 24.5 Å². The number of rotatable bonds is 3. The molecule has 4 aromatic carbocycles. The molecule has 31 heavy (non-hydrogen) atoms. The Kier molecular flexibility index (Phi) is 4.12. The van der Waals surface area contributed by atoms with Crippen molar-refractivity contribution < 1.29 is 4.74 Å². The predicted molar refractivity (Wildman–Crippen MR) is 124 cm³/mol. The average molecular weight is 400 g/mol. The summed E-state index contributed by atoms with van der Waals surface area (Å²) in [6.45, 7) is 2.06. The van der Waals surface area contributed by atoms with E-state index < -0.39 is 0 Å². The number of hydrogen-bond acceptors (Lipinski definition) is 2. The Labute approximate surface area is 180 Å². The monoisotopic (exact) mass is 400 g/mol. The summed E-state index contributed by atoms with van der Waals surface area (Å²) >= 11 is 0. The zero-order valence-corrected chi connectivity index (χ0v) is 17.0. The highest BCUT2D eigenvalue weighted by Crippen LogP contribution is 2.42. The summed E-state index contributed by atoms with van der Waals surface area (Å²) in [6, 6.07) is 31.7. The molecule has 0 N–H and O–H groups in total. The van der Waals surface area contributed by atoms with Crippen LogP contribution in [0, 0.1) is 11.3 Å². The third kappa shape index (κ3) is 2.84. The van der Waals surface area contributed by atoms with Crippen LogP contribution in [-0.4, -0.2) is 4.57 Å². The minimum atomic E-state index is 0.619. The van der Waals surface area contributed by atoms with Crippen LogP contribution in [0.4, 0.5) is 0 Å². The van der Waals surface area contributed by atoms with Crippen molar-refractivity contribution in [3.8, 4) is 17.2 Å². The van der Waals surface area contributed by atoms with E-state index in [-0.39, 0.29) is 0 Å². The number of nitrogens with zero attached hydrogens (tertiary/aromatic N) is 2. The first-order valence-corrected chi connectivity index (χ1v) is 10.5. The molecule has 3 nitrogen and oxygen atoms in total. The Hall–Kier alpha value is -3.87. The highest BCUT2D eigenvalue weighted by atomic mass is 16.5. The first-order valence-electron chi connectivity index (χ1n) is 10.5. The minimum absolute atomic E-state index is 0.619. The second-order valence-electron chi connectivity index (χ2n) is 8.06. The van der Waals surface area contributed by atoms with Crippen LogP contribution in [0.15, 0.2) is 84.9 Å². The van der Waals surface area contributed by atoms with Gasteiger partial charge in [-0.15, -0.1) is 0 Å². The van der Waals surface area contributed by atoms with Gasteiger partial charge in [-0.3, -0.25) is 0 Å². The molecule has 0 bridgehead atoms. The average Bonchev–Trinajstić information content (AvgIpc) is 3.42. The van der Waals surface area contributed by atoms with Gasteiger partial charge in [-0.25, -0.2) is 0 Å². The van der Waals surface area contributed by atoms with E-state index in [1.807, 2.05) is 12.1 Å². The quantitative estimate of drug-likeness (QED) is 0.351. The van der Waals surface area contributed by atoms with Gasteiger partial charge in [-0.1, -0.05) is 60.7 Å². The third-order valence-corrected chi connectivity index (χ3v) is 6.24. The standard InChI is InChI=1S/C28H20N2O/c29-15-19-10-12-21(13-11-19)27-25-18-31-17-22(25)14-24-23-8-4-5-9-26(23)30(28(24)27)16-20-6-2-1-3-7-20/h1-14H,16-18H2. The molecule has 0 aliphatic carbocycles. The van der Waals surface area contributed by atoms with Gasteiger partial charge in [0.1, 0.15) is 0 Å². The fraction of sp³-hybridized carbons (Fsp3) is 0.107. The summed E-state index contributed by atoms with van der Waals surface area (Å²) in [7, 11) is 0. The largest absolute Gasteiger partial charge is 0.372 e. The first-order chi connectivity index (χ1) is 15.3. The van der Waals surface area contributed by atoms with Crippen LogP contribution in [0.3, 0.4) is 0 Å². The van der Waals surface area contributed by atoms with Gasteiger partial charge in [-0.05, 0) is 46.5 Å². The second kappa shape index (κ2) is 7.12. The summed E-state index contributed by atoms with van der Waals surface area (Å²) in [6.07, 6.45) is 0. The zero-order valence-electron chi connectivity index (χ0n) is 17.0. The Morgan fingerprint density at radius 1 is 0.839 bits per heavy atom. The van der Waals surface area contributed by atoms with Crippen molar-refractivity contribution in [3.05, 3.63) is 107 Å². The lowest BCUT2D eigenvalue weighted by atomic mass is 9.93. The molecule has 0 atom stereocenters. The number of nitriles is 1. The van der Waals surface area contributed by atoms with Crippen LogP contribution in [0.25, 0.3) is 32.9 Å². The summed E-state index contributed by atoms with van der Waals surface area (Å²) in [4.78, 5) is 0. The summed E-state index contributed by atoms with van der Waals surface area (Å²) in [5, 5.41) is 11.8. The van der Waals surface area contributed by atoms with E-state index in [0.29, 0.717) is 18.8 Å². The van der Waals surface area contributed by atoms with Crippen molar-refractivity contribution in [2.45, 2.75) is 19.8 Å². The molecular weight excluding hydrogens is 380 g/mol. The van der Waals surface area contributed by atoms with Gasteiger partial charge in [0.15, 0.2) is 0 Å². The maximum Gasteiger partial charge on any atom is 0.0991 e. The van der Waals surface area contributed by atoms with E-state index >= 15 is 0 Å². The lowest BCUT2D eigenvalue weighted by Crippen LogP contribution is -2.02. The van der Waals surface area contributed by atoms with Gasteiger partial charge >= 0.3 is 0 Å². The molecule has 3 heteroatoms. The molecule has 1 aliphatic heterocycles. The van der Waals surface area contributed by atoms with Crippen molar-refractivity contribution in [2.24, 2.45) is 0 Å². The topological polar surface area (TPSA) is 38.0 Å². The molecule has 0 saturated heterocycles. The van der Waals surface area contributed by atoms with Crippen molar-refractivity contribution in [1.82, 2.24) is 4.57 Å². The molecule has 5 aromatic rings. The number of hydrogen-bond donors (Lipinski definition) is 0. The maximum absolute atomic E-state index is 9.26. The Morgan fingerprint density at radius 3 is 2.42 bits per heavy atom. The van der Waals surface area contributed by atoms with Crippen LogP contribution < -0.4 is 0 Å². The van der Waals surface area contributed by atoms with Crippen LogP contribution in [0.5, 0.6) is 0 Å². The molecule has 0 amide bonds. The van der Waals surface area contributed by atoms with E-state index in [1.165, 1.54) is 44.1 Å². The smallest absolute Gasteiger partial charge is 0.0991 e. The van der Waals surface area contributed by atoms with E-state index in [2.05, 4.69) is 83.4 Å². The number of benzene rings is 4. The summed E-state index contributed by atoms with van der Waals surface area (Å²) in [5.41, 5.74) is 9.29. The molecule has 0 spiro atoms. The molecule has 0 radical (unpaired) electrons. The van der Waals surface area contributed by atoms with Crippen molar-refractivity contribution in [1.29, 1.82) is 5.26 Å². The number of ether oxygens (including phenoxy) is 1. The Balaban J connectivity index is 1.72. The minimum Gasteiger partial charge on any atom is -0.372 e.